The Labute approximate surface area is 111 Å². The van der Waals surface area contributed by atoms with E-state index >= 15 is 0 Å². The van der Waals surface area contributed by atoms with Crippen LogP contribution in [0.15, 0.2) is 0 Å². The van der Waals surface area contributed by atoms with Gasteiger partial charge in [-0.2, -0.15) is 4.37 Å². The molecular weight excluding hydrogens is 252 g/mol. The number of aromatic nitrogens is 1. The van der Waals surface area contributed by atoms with Crippen LogP contribution in [0.4, 0.5) is 10.8 Å². The van der Waals surface area contributed by atoms with Crippen LogP contribution in [0.1, 0.15) is 31.1 Å². The number of rotatable bonds is 6. The van der Waals surface area contributed by atoms with Gasteiger partial charge in [0.2, 0.25) is 0 Å². The van der Waals surface area contributed by atoms with Gasteiger partial charge in [-0.05, 0) is 32.3 Å². The van der Waals surface area contributed by atoms with Crippen LogP contribution >= 0.6 is 11.5 Å². The third-order valence-electron chi connectivity index (χ3n) is 2.32. The lowest BCUT2D eigenvalue weighted by Crippen LogP contribution is -2.31. The monoisotopic (exact) mass is 272 g/mol. The predicted molar refractivity (Wildman–Crippen MR) is 74.1 cm³/mol. The average molecular weight is 272 g/mol. The van der Waals surface area contributed by atoms with Crippen molar-refractivity contribution in [2.75, 3.05) is 24.7 Å². The first-order valence-electron chi connectivity index (χ1n) is 5.78. The van der Waals surface area contributed by atoms with Gasteiger partial charge >= 0.3 is 0 Å². The van der Waals surface area contributed by atoms with Gasteiger partial charge in [0.15, 0.2) is 5.82 Å². The van der Waals surface area contributed by atoms with Crippen LogP contribution in [-0.2, 0) is 4.74 Å². The summed E-state index contributed by atoms with van der Waals surface area (Å²) in [4.78, 5) is 12.0. The molecule has 102 valence electrons. The molecule has 0 radical (unpaired) electrons. The summed E-state index contributed by atoms with van der Waals surface area (Å²) in [5.41, 5.74) is 6.14. The number of nitrogen functional groups attached to an aromatic ring is 1. The lowest BCUT2D eigenvalue weighted by atomic mass is 10.2. The second-order valence-corrected chi connectivity index (χ2v) is 5.10. The van der Waals surface area contributed by atoms with Crippen molar-refractivity contribution in [3.05, 3.63) is 5.56 Å². The summed E-state index contributed by atoms with van der Waals surface area (Å²) in [6.07, 6.45) is 0.0503. The summed E-state index contributed by atoms with van der Waals surface area (Å²) >= 11 is 1.18. The Kier molecular flexibility index (Phi) is 5.36. The third-order valence-corrected chi connectivity index (χ3v) is 3.14. The Morgan fingerprint density at radius 1 is 1.50 bits per heavy atom. The van der Waals surface area contributed by atoms with Gasteiger partial charge in [0.1, 0.15) is 10.6 Å². The minimum atomic E-state index is -0.205. The van der Waals surface area contributed by atoms with Crippen LogP contribution in [0.5, 0.6) is 0 Å². The number of hydrogen-bond acceptors (Lipinski definition) is 6. The molecule has 0 aromatic carbocycles. The minimum Gasteiger partial charge on any atom is -0.382 e. The molecule has 0 spiro atoms. The first-order chi connectivity index (χ1) is 8.45. The molecule has 7 heteroatoms. The zero-order chi connectivity index (χ0) is 13.7. The van der Waals surface area contributed by atoms with Crippen molar-refractivity contribution >= 4 is 28.3 Å². The SMILES string of the molecule is COC(C)CNc1snc(N)c1C(=O)NC(C)C. The molecule has 1 heterocycles. The van der Waals surface area contributed by atoms with E-state index in [9.17, 15) is 4.79 Å². The molecule has 1 aromatic heterocycles. The van der Waals surface area contributed by atoms with Gasteiger partial charge in [0.05, 0.1) is 6.10 Å². The van der Waals surface area contributed by atoms with Crippen molar-refractivity contribution in [2.24, 2.45) is 0 Å². The standard InChI is InChI=1S/C11H20N4O2S/c1-6(2)14-10(16)8-9(12)15-18-11(8)13-5-7(3)17-4/h6-7,13H,5H2,1-4H3,(H2,12,15)(H,14,16). The quantitative estimate of drug-likeness (QED) is 0.726. The zero-order valence-electron chi connectivity index (χ0n) is 11.1. The molecule has 0 saturated heterocycles. The van der Waals surface area contributed by atoms with Gasteiger partial charge in [-0.25, -0.2) is 0 Å². The van der Waals surface area contributed by atoms with Crippen molar-refractivity contribution < 1.29 is 9.53 Å². The van der Waals surface area contributed by atoms with E-state index in [1.54, 1.807) is 7.11 Å². The number of amides is 1. The highest BCUT2D eigenvalue weighted by molar-refractivity contribution is 7.11. The van der Waals surface area contributed by atoms with E-state index in [4.69, 9.17) is 10.5 Å². The fraction of sp³-hybridized carbons (Fsp3) is 0.636. The Hall–Kier alpha value is -1.34. The molecule has 0 saturated carbocycles. The maximum Gasteiger partial charge on any atom is 0.258 e. The Morgan fingerprint density at radius 3 is 2.72 bits per heavy atom. The number of hydrogen-bond donors (Lipinski definition) is 3. The van der Waals surface area contributed by atoms with Gasteiger partial charge in [0, 0.05) is 19.7 Å². The molecule has 1 rings (SSSR count). The van der Waals surface area contributed by atoms with Gasteiger partial charge in [-0.15, -0.1) is 0 Å². The number of ether oxygens (including phenoxy) is 1. The molecule has 0 aliphatic rings. The molecule has 0 aliphatic heterocycles. The Balaban J connectivity index is 2.78. The topological polar surface area (TPSA) is 89.3 Å². The van der Waals surface area contributed by atoms with Gasteiger partial charge in [-0.3, -0.25) is 4.79 Å². The maximum absolute atomic E-state index is 12.0. The van der Waals surface area contributed by atoms with E-state index in [0.29, 0.717) is 17.1 Å². The highest BCUT2D eigenvalue weighted by Gasteiger charge is 2.19. The van der Waals surface area contributed by atoms with E-state index in [-0.39, 0.29) is 23.9 Å². The summed E-state index contributed by atoms with van der Waals surface area (Å²) in [7, 11) is 1.64. The highest BCUT2D eigenvalue weighted by Crippen LogP contribution is 2.26. The summed E-state index contributed by atoms with van der Waals surface area (Å²) in [6, 6.07) is 0.0579. The summed E-state index contributed by atoms with van der Waals surface area (Å²) in [5.74, 6) is 0.0505. The van der Waals surface area contributed by atoms with Crippen molar-refractivity contribution in [3.63, 3.8) is 0 Å². The van der Waals surface area contributed by atoms with Crippen LogP contribution in [-0.4, -0.2) is 36.1 Å². The fourth-order valence-electron chi connectivity index (χ4n) is 1.30. The fourth-order valence-corrected chi connectivity index (χ4v) is 2.01. The first-order valence-corrected chi connectivity index (χ1v) is 6.55. The second-order valence-electron chi connectivity index (χ2n) is 4.33. The van der Waals surface area contributed by atoms with Gasteiger partial charge < -0.3 is 21.1 Å². The van der Waals surface area contributed by atoms with Gasteiger partial charge in [-0.1, -0.05) is 0 Å². The van der Waals surface area contributed by atoms with Crippen molar-refractivity contribution in [3.8, 4) is 0 Å². The summed E-state index contributed by atoms with van der Waals surface area (Å²) < 4.78 is 9.14. The molecule has 18 heavy (non-hydrogen) atoms. The predicted octanol–water partition coefficient (Wildman–Crippen LogP) is 1.31. The third kappa shape index (κ3) is 3.85. The molecule has 0 bridgehead atoms. The Bertz CT molecular complexity index is 406. The van der Waals surface area contributed by atoms with Crippen molar-refractivity contribution in [1.29, 1.82) is 0 Å². The van der Waals surface area contributed by atoms with Crippen LogP contribution in [0.3, 0.4) is 0 Å². The number of nitrogens with two attached hydrogens (primary N) is 1. The lowest BCUT2D eigenvalue weighted by molar-refractivity contribution is 0.0944. The molecule has 1 amide bonds. The lowest BCUT2D eigenvalue weighted by Gasteiger charge is -2.12. The highest BCUT2D eigenvalue weighted by atomic mass is 32.1. The molecular formula is C11H20N4O2S. The summed E-state index contributed by atoms with van der Waals surface area (Å²) in [5, 5.41) is 6.61. The van der Waals surface area contributed by atoms with Crippen molar-refractivity contribution in [1.82, 2.24) is 9.69 Å². The molecule has 0 aliphatic carbocycles. The van der Waals surface area contributed by atoms with E-state index in [2.05, 4.69) is 15.0 Å². The largest absolute Gasteiger partial charge is 0.382 e. The van der Waals surface area contributed by atoms with Crippen LogP contribution in [0, 0.1) is 0 Å². The number of methoxy groups -OCH3 is 1. The van der Waals surface area contributed by atoms with E-state index in [1.807, 2.05) is 20.8 Å². The zero-order valence-corrected chi connectivity index (χ0v) is 11.9. The molecule has 1 atom stereocenters. The van der Waals surface area contributed by atoms with E-state index in [0.717, 1.165) is 0 Å². The van der Waals surface area contributed by atoms with Crippen LogP contribution in [0.2, 0.25) is 0 Å². The second kappa shape index (κ2) is 6.55. The van der Waals surface area contributed by atoms with Gasteiger partial charge in [0.25, 0.3) is 5.91 Å². The van der Waals surface area contributed by atoms with Crippen LogP contribution < -0.4 is 16.4 Å². The number of anilines is 2. The maximum atomic E-state index is 12.0. The average Bonchev–Trinajstić information content (AvgIpc) is 2.66. The van der Waals surface area contributed by atoms with Crippen molar-refractivity contribution in [2.45, 2.75) is 32.9 Å². The molecule has 0 fully saturated rings. The normalized spacial score (nSPS) is 12.5. The number of nitrogens with one attached hydrogen (secondary N) is 2. The number of carbonyl (C=O) groups excluding carboxylic acids is 1. The molecule has 6 nitrogen and oxygen atoms in total. The molecule has 1 unspecified atom stereocenters. The number of nitrogens with zero attached hydrogens (tertiary/aromatic N) is 1. The molecule has 1 aromatic rings. The van der Waals surface area contributed by atoms with E-state index < -0.39 is 0 Å². The summed E-state index contributed by atoms with van der Waals surface area (Å²) in [6.45, 7) is 6.33. The molecule has 4 N–H and O–H groups in total. The van der Waals surface area contributed by atoms with E-state index in [1.165, 1.54) is 11.5 Å². The smallest absolute Gasteiger partial charge is 0.258 e. The Morgan fingerprint density at radius 2 is 2.17 bits per heavy atom. The first kappa shape index (κ1) is 14.7. The van der Waals surface area contributed by atoms with Crippen LogP contribution in [0.25, 0.3) is 0 Å². The minimum absolute atomic E-state index is 0.0503. The number of carbonyl (C=O) groups is 1.